The van der Waals surface area contributed by atoms with E-state index < -0.39 is 0 Å². The molecule has 0 aliphatic heterocycles. The summed E-state index contributed by atoms with van der Waals surface area (Å²) in [5.74, 6) is 0. The standard InChI is InChI=1S/C14H23N/c1-10(2)15(6)9-14-8-12(4)11(3)7-13(14)5/h7-8,10H,9H2,1-6H3. The number of hydrogen-bond acceptors (Lipinski definition) is 1. The first-order valence-electron chi connectivity index (χ1n) is 5.68. The third kappa shape index (κ3) is 3.07. The van der Waals surface area contributed by atoms with E-state index in [2.05, 4.69) is 58.7 Å². The molecule has 0 aromatic heterocycles. The molecule has 0 amide bonds. The Morgan fingerprint density at radius 1 is 1.00 bits per heavy atom. The maximum absolute atomic E-state index is 2.37. The summed E-state index contributed by atoms with van der Waals surface area (Å²) in [5, 5.41) is 0. The second-order valence-corrected chi connectivity index (χ2v) is 4.87. The van der Waals surface area contributed by atoms with Crippen LogP contribution in [0, 0.1) is 20.8 Å². The normalized spacial score (nSPS) is 11.5. The second-order valence-electron chi connectivity index (χ2n) is 4.87. The van der Waals surface area contributed by atoms with Gasteiger partial charge in [0.2, 0.25) is 0 Å². The molecule has 84 valence electrons. The minimum absolute atomic E-state index is 0.603. The molecule has 0 spiro atoms. The molecule has 0 heterocycles. The maximum atomic E-state index is 2.37. The lowest BCUT2D eigenvalue weighted by molar-refractivity contribution is 0.265. The third-order valence-electron chi connectivity index (χ3n) is 3.25. The van der Waals surface area contributed by atoms with Crippen molar-refractivity contribution < 1.29 is 0 Å². The number of aryl methyl sites for hydroxylation is 3. The molecule has 1 heteroatoms. The third-order valence-corrected chi connectivity index (χ3v) is 3.25. The van der Waals surface area contributed by atoms with Crippen molar-refractivity contribution in [1.82, 2.24) is 4.90 Å². The summed E-state index contributed by atoms with van der Waals surface area (Å²) in [6, 6.07) is 5.22. The minimum atomic E-state index is 0.603. The van der Waals surface area contributed by atoms with E-state index in [1.54, 1.807) is 0 Å². The van der Waals surface area contributed by atoms with Gasteiger partial charge < -0.3 is 0 Å². The molecule has 0 saturated heterocycles. The van der Waals surface area contributed by atoms with Gasteiger partial charge in [-0.2, -0.15) is 0 Å². The van der Waals surface area contributed by atoms with Gasteiger partial charge in [-0.1, -0.05) is 12.1 Å². The first-order valence-corrected chi connectivity index (χ1v) is 5.68. The van der Waals surface area contributed by atoms with Crippen LogP contribution in [0.2, 0.25) is 0 Å². The van der Waals surface area contributed by atoms with Crippen LogP contribution < -0.4 is 0 Å². The van der Waals surface area contributed by atoms with Crippen molar-refractivity contribution in [2.75, 3.05) is 7.05 Å². The predicted octanol–water partition coefficient (Wildman–Crippen LogP) is 3.45. The van der Waals surface area contributed by atoms with Crippen LogP contribution in [0.4, 0.5) is 0 Å². The molecule has 0 saturated carbocycles. The van der Waals surface area contributed by atoms with Gasteiger partial charge in [-0.3, -0.25) is 4.90 Å². The Labute approximate surface area is 94.1 Å². The van der Waals surface area contributed by atoms with Crippen LogP contribution in [0.3, 0.4) is 0 Å². The Kier molecular flexibility index (Phi) is 3.92. The van der Waals surface area contributed by atoms with Crippen molar-refractivity contribution >= 4 is 0 Å². The quantitative estimate of drug-likeness (QED) is 0.730. The smallest absolute Gasteiger partial charge is 0.0236 e. The van der Waals surface area contributed by atoms with Crippen LogP contribution in [0.25, 0.3) is 0 Å². The Bertz CT molecular complexity index is 339. The molecule has 1 aromatic carbocycles. The highest BCUT2D eigenvalue weighted by Gasteiger charge is 2.07. The van der Waals surface area contributed by atoms with E-state index in [0.717, 1.165) is 6.54 Å². The molecule has 0 bridgehead atoms. The molecule has 1 rings (SSSR count). The van der Waals surface area contributed by atoms with Gasteiger partial charge in [-0.05, 0) is 63.9 Å². The molecule has 0 atom stereocenters. The fourth-order valence-electron chi connectivity index (χ4n) is 1.64. The molecule has 0 unspecified atom stereocenters. The molecule has 1 aromatic rings. The second kappa shape index (κ2) is 4.80. The molecule has 1 nitrogen and oxygen atoms in total. The summed E-state index contributed by atoms with van der Waals surface area (Å²) in [4.78, 5) is 2.37. The van der Waals surface area contributed by atoms with Gasteiger partial charge in [-0.15, -0.1) is 0 Å². The molecule has 0 aliphatic carbocycles. The van der Waals surface area contributed by atoms with E-state index in [1.165, 1.54) is 22.3 Å². The van der Waals surface area contributed by atoms with E-state index in [4.69, 9.17) is 0 Å². The van der Waals surface area contributed by atoms with E-state index in [0.29, 0.717) is 6.04 Å². The zero-order valence-electron chi connectivity index (χ0n) is 10.9. The van der Waals surface area contributed by atoms with Crippen molar-refractivity contribution in [2.24, 2.45) is 0 Å². The molecule has 0 aliphatic rings. The van der Waals surface area contributed by atoms with Gasteiger partial charge in [0, 0.05) is 12.6 Å². The van der Waals surface area contributed by atoms with Crippen molar-refractivity contribution in [3.05, 3.63) is 34.4 Å². The molecule has 15 heavy (non-hydrogen) atoms. The zero-order valence-corrected chi connectivity index (χ0v) is 10.9. The Balaban J connectivity index is 2.91. The fraction of sp³-hybridized carbons (Fsp3) is 0.571. The largest absolute Gasteiger partial charge is 0.300 e. The maximum Gasteiger partial charge on any atom is 0.0236 e. The van der Waals surface area contributed by atoms with Crippen LogP contribution in [0.15, 0.2) is 12.1 Å². The van der Waals surface area contributed by atoms with Crippen molar-refractivity contribution in [3.63, 3.8) is 0 Å². The van der Waals surface area contributed by atoms with Gasteiger partial charge in [0.05, 0.1) is 0 Å². The van der Waals surface area contributed by atoms with E-state index in [9.17, 15) is 0 Å². The van der Waals surface area contributed by atoms with Crippen molar-refractivity contribution in [2.45, 2.75) is 47.2 Å². The van der Waals surface area contributed by atoms with Crippen molar-refractivity contribution in [3.8, 4) is 0 Å². The average molecular weight is 205 g/mol. The first kappa shape index (κ1) is 12.3. The Morgan fingerprint density at radius 2 is 1.53 bits per heavy atom. The van der Waals surface area contributed by atoms with Gasteiger partial charge in [0.25, 0.3) is 0 Å². The van der Waals surface area contributed by atoms with Crippen LogP contribution in [-0.2, 0) is 6.54 Å². The van der Waals surface area contributed by atoms with Gasteiger partial charge in [-0.25, -0.2) is 0 Å². The number of rotatable bonds is 3. The molecule has 0 fully saturated rings. The zero-order chi connectivity index (χ0) is 11.6. The number of nitrogens with zero attached hydrogens (tertiary/aromatic N) is 1. The lowest BCUT2D eigenvalue weighted by Crippen LogP contribution is -2.26. The first-order chi connectivity index (χ1) is 6.91. The fourth-order valence-corrected chi connectivity index (χ4v) is 1.64. The summed E-state index contributed by atoms with van der Waals surface area (Å²) in [6.45, 7) is 12.1. The Morgan fingerprint density at radius 3 is 2.07 bits per heavy atom. The van der Waals surface area contributed by atoms with E-state index in [-0.39, 0.29) is 0 Å². The highest BCUT2D eigenvalue weighted by Crippen LogP contribution is 2.17. The van der Waals surface area contributed by atoms with Gasteiger partial charge in [0.15, 0.2) is 0 Å². The average Bonchev–Trinajstić information content (AvgIpc) is 2.13. The summed E-state index contributed by atoms with van der Waals surface area (Å²) in [6.07, 6.45) is 0. The summed E-state index contributed by atoms with van der Waals surface area (Å²) >= 11 is 0. The number of benzene rings is 1. The monoisotopic (exact) mass is 205 g/mol. The summed E-state index contributed by atoms with van der Waals surface area (Å²) < 4.78 is 0. The van der Waals surface area contributed by atoms with Crippen molar-refractivity contribution in [1.29, 1.82) is 0 Å². The molecular weight excluding hydrogens is 182 g/mol. The molecular formula is C14H23N. The lowest BCUT2D eigenvalue weighted by Gasteiger charge is -2.22. The van der Waals surface area contributed by atoms with Gasteiger partial charge >= 0.3 is 0 Å². The minimum Gasteiger partial charge on any atom is -0.300 e. The van der Waals surface area contributed by atoms with Crippen LogP contribution in [-0.4, -0.2) is 18.0 Å². The Hall–Kier alpha value is -0.820. The predicted molar refractivity (Wildman–Crippen MR) is 67.3 cm³/mol. The lowest BCUT2D eigenvalue weighted by atomic mass is 10.0. The van der Waals surface area contributed by atoms with Crippen LogP contribution in [0.5, 0.6) is 0 Å². The van der Waals surface area contributed by atoms with E-state index >= 15 is 0 Å². The topological polar surface area (TPSA) is 3.24 Å². The summed E-state index contributed by atoms with van der Waals surface area (Å²) in [7, 11) is 2.18. The highest BCUT2D eigenvalue weighted by atomic mass is 15.1. The molecule has 0 N–H and O–H groups in total. The highest BCUT2D eigenvalue weighted by molar-refractivity contribution is 5.36. The summed E-state index contributed by atoms with van der Waals surface area (Å²) in [5.41, 5.74) is 5.65. The van der Waals surface area contributed by atoms with E-state index in [1.807, 2.05) is 0 Å². The number of hydrogen-bond donors (Lipinski definition) is 0. The SMILES string of the molecule is Cc1cc(C)c(CN(C)C(C)C)cc1C. The van der Waals surface area contributed by atoms with Crippen LogP contribution in [0.1, 0.15) is 36.1 Å². The van der Waals surface area contributed by atoms with Crippen LogP contribution >= 0.6 is 0 Å². The van der Waals surface area contributed by atoms with Gasteiger partial charge in [0.1, 0.15) is 0 Å². The molecule has 0 radical (unpaired) electrons.